The van der Waals surface area contributed by atoms with Crippen LogP contribution >= 0.6 is 0 Å². The average molecular weight is 355 g/mol. The second kappa shape index (κ2) is 5.50. The van der Waals surface area contributed by atoms with Gasteiger partial charge in [-0.15, -0.1) is 0 Å². The number of para-hydroxylation sites is 1. The van der Waals surface area contributed by atoms with E-state index in [1.54, 1.807) is 0 Å². The quantitative estimate of drug-likeness (QED) is 0.489. The topological polar surface area (TPSA) is 93.3 Å². The van der Waals surface area contributed by atoms with Gasteiger partial charge in [0.25, 0.3) is 5.79 Å². The Bertz CT molecular complexity index is 877. The summed E-state index contributed by atoms with van der Waals surface area (Å²) < 4.78 is 48.1. The molecule has 0 aliphatic carbocycles. The lowest BCUT2D eigenvalue weighted by molar-refractivity contribution is -0.222. The fraction of sp³-hybridized carbons (Fsp3) is 0.267. The van der Waals surface area contributed by atoms with Crippen molar-refractivity contribution in [2.24, 2.45) is 0 Å². The van der Waals surface area contributed by atoms with Crippen LogP contribution in [0.1, 0.15) is 19.7 Å². The molecule has 7 nitrogen and oxygen atoms in total. The van der Waals surface area contributed by atoms with Crippen LogP contribution in [0.5, 0.6) is 0 Å². The molecule has 3 rings (SSSR count). The van der Waals surface area contributed by atoms with E-state index in [2.05, 4.69) is 15.3 Å². The van der Waals surface area contributed by atoms with Gasteiger partial charge in [0.05, 0.1) is 11.2 Å². The lowest BCUT2D eigenvalue weighted by Crippen LogP contribution is -2.42. The van der Waals surface area contributed by atoms with E-state index in [0.29, 0.717) is 0 Å². The van der Waals surface area contributed by atoms with E-state index >= 15 is 0 Å². The molecule has 0 unspecified atom stereocenters. The van der Waals surface area contributed by atoms with Crippen molar-refractivity contribution in [3.8, 4) is 0 Å². The van der Waals surface area contributed by atoms with E-state index < -0.39 is 35.3 Å². The maximum atomic E-state index is 12.8. The third-order valence-corrected chi connectivity index (χ3v) is 3.27. The van der Waals surface area contributed by atoms with Crippen molar-refractivity contribution >= 4 is 28.7 Å². The van der Waals surface area contributed by atoms with Crippen LogP contribution in [0.2, 0.25) is 0 Å². The minimum Gasteiger partial charge on any atom is -0.419 e. The maximum absolute atomic E-state index is 12.8. The molecule has 1 aliphatic rings. The number of rotatable bonds is 2. The Morgan fingerprint density at radius 2 is 1.84 bits per heavy atom. The van der Waals surface area contributed by atoms with Crippen molar-refractivity contribution in [1.82, 2.24) is 9.97 Å². The molecule has 0 radical (unpaired) electrons. The van der Waals surface area contributed by atoms with Gasteiger partial charge in [0.1, 0.15) is 5.52 Å². The number of imidazole rings is 1. The van der Waals surface area contributed by atoms with E-state index in [0.717, 1.165) is 6.20 Å². The normalized spacial score (nSPS) is 17.2. The first kappa shape index (κ1) is 16.8. The number of alkyl halides is 3. The third kappa shape index (κ3) is 3.28. The summed E-state index contributed by atoms with van der Waals surface area (Å²) in [6.07, 6.45) is -3.62. The lowest BCUT2D eigenvalue weighted by Gasteiger charge is -2.29. The number of halogens is 3. The second-order valence-electron chi connectivity index (χ2n) is 5.67. The van der Waals surface area contributed by atoms with Gasteiger partial charge < -0.3 is 19.8 Å². The Hall–Kier alpha value is -3.04. The Balaban J connectivity index is 1.92. The molecule has 1 aromatic heterocycles. The highest BCUT2D eigenvalue weighted by Crippen LogP contribution is 2.31. The second-order valence-corrected chi connectivity index (χ2v) is 5.67. The monoisotopic (exact) mass is 355 g/mol. The largest absolute Gasteiger partial charge is 0.449 e. The van der Waals surface area contributed by atoms with Crippen molar-refractivity contribution < 1.29 is 32.2 Å². The van der Waals surface area contributed by atoms with Crippen LogP contribution in [0.4, 0.5) is 18.9 Å². The number of aromatic nitrogens is 2. The number of esters is 2. The number of benzene rings is 1. The van der Waals surface area contributed by atoms with Gasteiger partial charge in [-0.2, -0.15) is 13.2 Å². The van der Waals surface area contributed by atoms with Crippen LogP contribution in [0, 0.1) is 0 Å². The van der Waals surface area contributed by atoms with Gasteiger partial charge in [-0.25, -0.2) is 14.6 Å². The number of carbonyl (C=O) groups is 2. The first-order valence-electron chi connectivity index (χ1n) is 7.06. The molecule has 25 heavy (non-hydrogen) atoms. The smallest absolute Gasteiger partial charge is 0.419 e. The number of aromatic amines is 1. The molecule has 0 atom stereocenters. The van der Waals surface area contributed by atoms with E-state index in [4.69, 9.17) is 9.47 Å². The predicted molar refractivity (Wildman–Crippen MR) is 79.1 cm³/mol. The van der Waals surface area contributed by atoms with Crippen LogP contribution < -0.4 is 5.32 Å². The highest BCUT2D eigenvalue weighted by molar-refractivity contribution is 6.15. The van der Waals surface area contributed by atoms with Crippen LogP contribution in [0.15, 0.2) is 30.0 Å². The molecule has 1 fully saturated rings. The number of hydrogen-bond acceptors (Lipinski definition) is 6. The van der Waals surface area contributed by atoms with Gasteiger partial charge in [0.15, 0.2) is 5.57 Å². The third-order valence-electron chi connectivity index (χ3n) is 3.27. The highest BCUT2D eigenvalue weighted by Gasteiger charge is 2.39. The standard InChI is InChI=1S/C15H12F3N3O4/c1-14(2)24-11(22)7(12(23)25-14)6-19-8-4-3-5-9-10(8)21-13(20-9)15(16,17)18/h3-6,19H,1-2H3,(H,20,21). The molecule has 0 bridgehead atoms. The molecule has 2 aromatic rings. The number of nitrogens with zero attached hydrogens (tertiary/aromatic N) is 1. The number of carbonyl (C=O) groups excluding carboxylic acids is 2. The van der Waals surface area contributed by atoms with Crippen LogP contribution in [-0.4, -0.2) is 27.7 Å². The molecule has 10 heteroatoms. The number of ether oxygens (including phenoxy) is 2. The van der Waals surface area contributed by atoms with Gasteiger partial charge in [0.2, 0.25) is 5.82 Å². The molecule has 0 amide bonds. The zero-order valence-electron chi connectivity index (χ0n) is 13.0. The zero-order chi connectivity index (χ0) is 18.4. The summed E-state index contributed by atoms with van der Waals surface area (Å²) in [6, 6.07) is 4.35. The molecule has 1 aliphatic heterocycles. The summed E-state index contributed by atoms with van der Waals surface area (Å²) in [7, 11) is 0. The van der Waals surface area contributed by atoms with Crippen LogP contribution in [0.25, 0.3) is 11.0 Å². The lowest BCUT2D eigenvalue weighted by atomic mass is 10.2. The van der Waals surface area contributed by atoms with Crippen molar-refractivity contribution in [3.05, 3.63) is 35.8 Å². The molecular formula is C15H12F3N3O4. The fourth-order valence-electron chi connectivity index (χ4n) is 2.21. The first-order chi connectivity index (χ1) is 11.6. The summed E-state index contributed by atoms with van der Waals surface area (Å²) in [5.41, 5.74) is -0.0969. The Morgan fingerprint density at radius 3 is 2.44 bits per heavy atom. The number of fused-ring (bicyclic) bond motifs is 1. The number of hydrogen-bond donors (Lipinski definition) is 2. The van der Waals surface area contributed by atoms with Gasteiger partial charge >= 0.3 is 18.1 Å². The fourth-order valence-corrected chi connectivity index (χ4v) is 2.21. The van der Waals surface area contributed by atoms with Gasteiger partial charge in [0, 0.05) is 20.0 Å². The van der Waals surface area contributed by atoms with E-state index in [-0.39, 0.29) is 16.7 Å². The van der Waals surface area contributed by atoms with Crippen LogP contribution in [0.3, 0.4) is 0 Å². The summed E-state index contributed by atoms with van der Waals surface area (Å²) >= 11 is 0. The summed E-state index contributed by atoms with van der Waals surface area (Å²) in [5.74, 6) is -4.34. The summed E-state index contributed by atoms with van der Waals surface area (Å²) in [5, 5.41) is 2.60. The van der Waals surface area contributed by atoms with Gasteiger partial charge in [-0.1, -0.05) is 6.07 Å². The Morgan fingerprint density at radius 1 is 1.20 bits per heavy atom. The number of anilines is 1. The molecule has 1 saturated heterocycles. The number of H-pyrrole nitrogens is 1. The molecule has 132 valence electrons. The zero-order valence-corrected chi connectivity index (χ0v) is 13.0. The first-order valence-corrected chi connectivity index (χ1v) is 7.06. The molecule has 0 spiro atoms. The van der Waals surface area contributed by atoms with Crippen molar-refractivity contribution in [3.63, 3.8) is 0 Å². The number of cyclic esters (lactones) is 2. The van der Waals surface area contributed by atoms with Gasteiger partial charge in [-0.05, 0) is 12.1 Å². The predicted octanol–water partition coefficient (Wildman–Crippen LogP) is 2.71. The van der Waals surface area contributed by atoms with Gasteiger partial charge in [-0.3, -0.25) is 0 Å². The SMILES string of the molecule is CC1(C)OC(=O)C(=CNc2cccc3[nH]c(C(F)(F)F)nc23)C(=O)O1. The highest BCUT2D eigenvalue weighted by atomic mass is 19.4. The van der Waals surface area contributed by atoms with Crippen molar-refractivity contribution in [2.75, 3.05) is 5.32 Å². The average Bonchev–Trinajstić information content (AvgIpc) is 2.90. The molecule has 1 aromatic carbocycles. The molecule has 2 heterocycles. The summed E-state index contributed by atoms with van der Waals surface area (Å²) in [4.78, 5) is 29.3. The Labute approximate surface area is 138 Å². The Kier molecular flexibility index (Phi) is 3.70. The molecule has 2 N–H and O–H groups in total. The van der Waals surface area contributed by atoms with Crippen LogP contribution in [-0.2, 0) is 25.2 Å². The van der Waals surface area contributed by atoms with Crippen molar-refractivity contribution in [2.45, 2.75) is 25.8 Å². The van der Waals surface area contributed by atoms with E-state index in [1.807, 2.05) is 0 Å². The minimum atomic E-state index is -4.63. The van der Waals surface area contributed by atoms with E-state index in [9.17, 15) is 22.8 Å². The summed E-state index contributed by atoms with van der Waals surface area (Å²) in [6.45, 7) is 2.80. The minimum absolute atomic E-state index is 0.00421. The maximum Gasteiger partial charge on any atom is 0.449 e. The molecular weight excluding hydrogens is 343 g/mol. The van der Waals surface area contributed by atoms with Crippen molar-refractivity contribution in [1.29, 1.82) is 0 Å². The van der Waals surface area contributed by atoms with E-state index in [1.165, 1.54) is 32.0 Å². The molecule has 0 saturated carbocycles. The number of nitrogens with one attached hydrogen (secondary N) is 2.